The van der Waals surface area contributed by atoms with Crippen LogP contribution in [0.2, 0.25) is 5.02 Å². The quantitative estimate of drug-likeness (QED) is 0.464. The molecule has 0 atom stereocenters. The van der Waals surface area contributed by atoms with Crippen molar-refractivity contribution in [2.45, 2.75) is 20.1 Å². The fraction of sp³-hybridized carbons (Fsp3) is 0.158. The highest BCUT2D eigenvalue weighted by Crippen LogP contribution is 2.14. The topological polar surface area (TPSA) is 104 Å². The average molecular weight is 411 g/mol. The standard InChI is InChI=1S/C19H15ClN6O3/c1-12-2-4-13(5-3-12)19-22-24-26(23-19)10-18(28)29-11-15-8-17(27)25-9-14(20)6-7-16(25)21-15/h2-9H,10-11H2,1H3. The van der Waals surface area contributed by atoms with Crippen molar-refractivity contribution in [1.29, 1.82) is 0 Å². The van der Waals surface area contributed by atoms with Gasteiger partial charge in [0.05, 0.1) is 10.7 Å². The second-order valence-electron chi connectivity index (χ2n) is 6.33. The molecule has 3 heterocycles. The van der Waals surface area contributed by atoms with Crippen molar-refractivity contribution in [3.05, 3.63) is 75.3 Å². The molecule has 3 aromatic heterocycles. The first kappa shape index (κ1) is 18.8. The van der Waals surface area contributed by atoms with Gasteiger partial charge in [-0.25, -0.2) is 9.78 Å². The van der Waals surface area contributed by atoms with E-state index in [-0.39, 0.29) is 18.7 Å². The van der Waals surface area contributed by atoms with E-state index in [9.17, 15) is 9.59 Å². The highest BCUT2D eigenvalue weighted by Gasteiger charge is 2.11. The van der Waals surface area contributed by atoms with Crippen LogP contribution in [-0.2, 0) is 22.7 Å². The summed E-state index contributed by atoms with van der Waals surface area (Å²) in [6.45, 7) is 1.63. The molecule has 0 aliphatic carbocycles. The smallest absolute Gasteiger partial charge is 0.330 e. The molecule has 4 aromatic rings. The Morgan fingerprint density at radius 1 is 1.17 bits per heavy atom. The van der Waals surface area contributed by atoms with E-state index in [4.69, 9.17) is 16.3 Å². The molecule has 0 aliphatic rings. The zero-order chi connectivity index (χ0) is 20.4. The minimum atomic E-state index is -0.573. The minimum absolute atomic E-state index is 0.146. The van der Waals surface area contributed by atoms with Crippen LogP contribution in [0.15, 0.2) is 53.5 Å². The van der Waals surface area contributed by atoms with E-state index in [0.29, 0.717) is 22.2 Å². The van der Waals surface area contributed by atoms with Crippen LogP contribution in [0.25, 0.3) is 17.0 Å². The highest BCUT2D eigenvalue weighted by molar-refractivity contribution is 6.30. The molecule has 1 aromatic carbocycles. The second-order valence-corrected chi connectivity index (χ2v) is 6.77. The Balaban J connectivity index is 1.40. The molecule has 10 heteroatoms. The van der Waals surface area contributed by atoms with Crippen LogP contribution in [-0.4, -0.2) is 35.6 Å². The van der Waals surface area contributed by atoms with Crippen molar-refractivity contribution in [3.8, 4) is 11.4 Å². The summed E-state index contributed by atoms with van der Waals surface area (Å²) in [6.07, 6.45) is 1.48. The molecule has 29 heavy (non-hydrogen) atoms. The molecular weight excluding hydrogens is 396 g/mol. The largest absolute Gasteiger partial charge is 0.458 e. The molecular formula is C19H15ClN6O3. The zero-order valence-electron chi connectivity index (χ0n) is 15.3. The van der Waals surface area contributed by atoms with Gasteiger partial charge in [0.25, 0.3) is 5.56 Å². The molecule has 0 radical (unpaired) electrons. The van der Waals surface area contributed by atoms with Crippen LogP contribution in [0.5, 0.6) is 0 Å². The number of aromatic nitrogens is 6. The van der Waals surface area contributed by atoms with Crippen molar-refractivity contribution in [2.75, 3.05) is 0 Å². The van der Waals surface area contributed by atoms with Crippen LogP contribution in [0.4, 0.5) is 0 Å². The van der Waals surface area contributed by atoms with Gasteiger partial charge >= 0.3 is 5.97 Å². The van der Waals surface area contributed by atoms with Crippen LogP contribution < -0.4 is 5.56 Å². The molecule has 146 valence electrons. The number of rotatable bonds is 5. The lowest BCUT2D eigenvalue weighted by molar-refractivity contribution is -0.146. The Hall–Kier alpha value is -3.59. The van der Waals surface area contributed by atoms with Gasteiger partial charge in [0, 0.05) is 17.8 Å². The Morgan fingerprint density at radius 3 is 2.76 bits per heavy atom. The predicted octanol–water partition coefficient (Wildman–Crippen LogP) is 2.05. The third-order valence-electron chi connectivity index (χ3n) is 4.09. The maximum atomic E-state index is 12.1. The molecule has 0 N–H and O–H groups in total. The van der Waals surface area contributed by atoms with Crippen molar-refractivity contribution < 1.29 is 9.53 Å². The molecule has 0 saturated heterocycles. The van der Waals surface area contributed by atoms with Crippen molar-refractivity contribution in [1.82, 2.24) is 29.6 Å². The Bertz CT molecular complexity index is 1250. The lowest BCUT2D eigenvalue weighted by Gasteiger charge is -2.06. The Morgan fingerprint density at radius 2 is 1.97 bits per heavy atom. The van der Waals surface area contributed by atoms with Crippen LogP contribution in [0.1, 0.15) is 11.3 Å². The van der Waals surface area contributed by atoms with E-state index in [1.54, 1.807) is 12.1 Å². The number of aryl methyl sites for hydroxylation is 1. The first-order valence-corrected chi connectivity index (χ1v) is 9.04. The molecule has 0 amide bonds. The van der Waals surface area contributed by atoms with Gasteiger partial charge in [-0.3, -0.25) is 9.20 Å². The third-order valence-corrected chi connectivity index (χ3v) is 4.31. The fourth-order valence-corrected chi connectivity index (χ4v) is 2.80. The first-order valence-electron chi connectivity index (χ1n) is 8.66. The number of pyridine rings is 1. The van der Waals surface area contributed by atoms with Crippen molar-refractivity contribution in [3.63, 3.8) is 0 Å². The fourth-order valence-electron chi connectivity index (χ4n) is 2.64. The van der Waals surface area contributed by atoms with E-state index in [1.807, 2.05) is 31.2 Å². The number of halogens is 1. The van der Waals surface area contributed by atoms with E-state index in [0.717, 1.165) is 15.9 Å². The summed E-state index contributed by atoms with van der Waals surface area (Å²) in [5.41, 5.74) is 2.35. The number of fused-ring (bicyclic) bond motifs is 1. The van der Waals surface area contributed by atoms with Gasteiger partial charge in [-0.05, 0) is 24.3 Å². The number of tetrazole rings is 1. The van der Waals surface area contributed by atoms with Crippen molar-refractivity contribution >= 4 is 23.2 Å². The van der Waals surface area contributed by atoms with E-state index in [1.165, 1.54) is 16.7 Å². The number of carbonyl (C=O) groups excluding carboxylic acids is 1. The molecule has 0 bridgehead atoms. The number of hydrogen-bond donors (Lipinski definition) is 0. The van der Waals surface area contributed by atoms with Gasteiger partial charge in [0.15, 0.2) is 6.54 Å². The summed E-state index contributed by atoms with van der Waals surface area (Å²) >= 11 is 5.88. The van der Waals surface area contributed by atoms with Gasteiger partial charge in [-0.1, -0.05) is 41.4 Å². The maximum absolute atomic E-state index is 12.1. The average Bonchev–Trinajstić information content (AvgIpc) is 3.16. The number of hydrogen-bond acceptors (Lipinski definition) is 7. The molecule has 9 nitrogen and oxygen atoms in total. The van der Waals surface area contributed by atoms with E-state index in [2.05, 4.69) is 20.4 Å². The summed E-state index contributed by atoms with van der Waals surface area (Å²) in [5.74, 6) is -0.156. The predicted molar refractivity (Wildman–Crippen MR) is 104 cm³/mol. The minimum Gasteiger partial charge on any atom is -0.458 e. The highest BCUT2D eigenvalue weighted by atomic mass is 35.5. The van der Waals surface area contributed by atoms with Crippen molar-refractivity contribution in [2.24, 2.45) is 0 Å². The molecule has 4 rings (SSSR count). The number of ether oxygens (including phenoxy) is 1. The SMILES string of the molecule is Cc1ccc(-c2nnn(CC(=O)OCc3cc(=O)n4cc(Cl)ccc4n3)n2)cc1. The lowest BCUT2D eigenvalue weighted by Crippen LogP contribution is -2.19. The molecule has 0 saturated carbocycles. The molecule has 0 unspecified atom stereocenters. The van der Waals surface area contributed by atoms with Crippen LogP contribution in [0.3, 0.4) is 0 Å². The van der Waals surface area contributed by atoms with E-state index >= 15 is 0 Å². The monoisotopic (exact) mass is 410 g/mol. The number of nitrogens with zero attached hydrogens (tertiary/aromatic N) is 6. The van der Waals surface area contributed by atoms with Gasteiger partial charge in [-0.15, -0.1) is 10.2 Å². The van der Waals surface area contributed by atoms with Gasteiger partial charge < -0.3 is 4.74 Å². The third kappa shape index (κ3) is 4.30. The lowest BCUT2D eigenvalue weighted by atomic mass is 10.1. The van der Waals surface area contributed by atoms with Gasteiger partial charge in [0.2, 0.25) is 5.82 Å². The first-order chi connectivity index (χ1) is 14.0. The molecule has 0 fully saturated rings. The summed E-state index contributed by atoms with van der Waals surface area (Å²) < 4.78 is 6.51. The summed E-state index contributed by atoms with van der Waals surface area (Å²) in [7, 11) is 0. The van der Waals surface area contributed by atoms with Crippen LogP contribution in [0, 0.1) is 6.92 Å². The van der Waals surface area contributed by atoms with E-state index < -0.39 is 5.97 Å². The Kier molecular flexibility index (Phi) is 5.05. The normalized spacial score (nSPS) is 11.0. The maximum Gasteiger partial charge on any atom is 0.330 e. The second kappa shape index (κ2) is 7.80. The molecule has 0 aliphatic heterocycles. The Labute approximate surface area is 169 Å². The van der Waals surface area contributed by atoms with Crippen LogP contribution >= 0.6 is 11.6 Å². The summed E-state index contributed by atoms with van der Waals surface area (Å²) in [4.78, 5) is 29.7. The summed E-state index contributed by atoms with van der Waals surface area (Å²) in [5, 5.41) is 12.4. The zero-order valence-corrected chi connectivity index (χ0v) is 16.1. The number of esters is 1. The molecule has 0 spiro atoms. The van der Waals surface area contributed by atoms with Gasteiger partial charge in [0.1, 0.15) is 12.3 Å². The van der Waals surface area contributed by atoms with Gasteiger partial charge in [-0.2, -0.15) is 4.80 Å². The number of benzene rings is 1. The number of carbonyl (C=O) groups is 1. The summed E-state index contributed by atoms with van der Waals surface area (Å²) in [6, 6.07) is 12.2.